The second-order valence-corrected chi connectivity index (χ2v) is 5.15. The molecule has 1 aromatic rings. The number of benzene rings is 1. The Morgan fingerprint density at radius 3 is 2.76 bits per heavy atom. The Balaban J connectivity index is 1.79. The van der Waals surface area contributed by atoms with Crippen molar-refractivity contribution < 1.29 is 9.84 Å². The topological polar surface area (TPSA) is 36.0 Å². The first kappa shape index (κ1) is 11.2. The zero-order valence-electron chi connectivity index (χ0n) is 10.3. The summed E-state index contributed by atoms with van der Waals surface area (Å²) in [6, 6.07) is 10.9. The zero-order chi connectivity index (χ0) is 12.0. The third-order valence-electron chi connectivity index (χ3n) is 4.15. The molecule has 1 aromatic carbocycles. The van der Waals surface area contributed by atoms with Gasteiger partial charge in [0.25, 0.3) is 0 Å². The minimum Gasteiger partial charge on any atom is -0.389 e. The molecular formula is C14H19NO2. The van der Waals surface area contributed by atoms with Gasteiger partial charge in [-0.15, -0.1) is 0 Å². The average Bonchev–Trinajstić information content (AvgIpc) is 3.13. The van der Waals surface area contributed by atoms with E-state index in [1.54, 1.807) is 0 Å². The highest BCUT2D eigenvalue weighted by Gasteiger charge is 2.53. The molecule has 0 spiro atoms. The minimum absolute atomic E-state index is 0.0872. The van der Waals surface area contributed by atoms with Gasteiger partial charge in [0.05, 0.1) is 12.2 Å². The number of ether oxygens (including phenoxy) is 1. The Kier molecular flexibility index (Phi) is 2.69. The average molecular weight is 233 g/mol. The number of hydrogen-bond donors (Lipinski definition) is 1. The minimum atomic E-state index is -0.347. The number of epoxide rings is 1. The number of nitrogens with zero attached hydrogens (tertiary/aromatic N) is 1. The summed E-state index contributed by atoms with van der Waals surface area (Å²) in [6.45, 7) is 5.21. The van der Waals surface area contributed by atoms with E-state index in [1.807, 2.05) is 6.07 Å². The first-order chi connectivity index (χ1) is 8.18. The van der Waals surface area contributed by atoms with Crippen LogP contribution in [0, 0.1) is 0 Å². The Hall–Kier alpha value is -0.900. The van der Waals surface area contributed by atoms with E-state index in [0.717, 1.165) is 6.54 Å². The van der Waals surface area contributed by atoms with Gasteiger partial charge >= 0.3 is 0 Å². The Bertz CT molecular complexity index is 394. The van der Waals surface area contributed by atoms with Crippen LogP contribution in [0.3, 0.4) is 0 Å². The smallest absolute Gasteiger partial charge is 0.113 e. The number of aliphatic hydroxyl groups is 1. The van der Waals surface area contributed by atoms with E-state index in [0.29, 0.717) is 6.04 Å². The van der Waals surface area contributed by atoms with Crippen LogP contribution in [0.5, 0.6) is 0 Å². The molecule has 3 rings (SSSR count). The summed E-state index contributed by atoms with van der Waals surface area (Å²) < 4.78 is 5.49. The molecule has 2 saturated heterocycles. The van der Waals surface area contributed by atoms with E-state index in [2.05, 4.69) is 43.0 Å². The van der Waals surface area contributed by atoms with Gasteiger partial charge < -0.3 is 9.84 Å². The number of rotatable bonds is 2. The molecule has 0 aliphatic carbocycles. The molecule has 2 fully saturated rings. The van der Waals surface area contributed by atoms with Crippen LogP contribution in [0.4, 0.5) is 0 Å². The van der Waals surface area contributed by atoms with Gasteiger partial charge in [-0.25, -0.2) is 0 Å². The van der Waals surface area contributed by atoms with Crippen LogP contribution in [0.15, 0.2) is 30.3 Å². The van der Waals surface area contributed by atoms with E-state index in [1.165, 1.54) is 5.56 Å². The third kappa shape index (κ3) is 1.88. The van der Waals surface area contributed by atoms with Crippen molar-refractivity contribution in [2.24, 2.45) is 0 Å². The molecule has 0 bridgehead atoms. The molecule has 0 amide bonds. The number of piperidine rings is 1. The third-order valence-corrected chi connectivity index (χ3v) is 4.15. The largest absolute Gasteiger partial charge is 0.389 e. The molecular weight excluding hydrogens is 214 g/mol. The summed E-state index contributed by atoms with van der Waals surface area (Å²) in [4.78, 5) is 2.34. The summed E-state index contributed by atoms with van der Waals surface area (Å²) in [6.07, 6.45) is -0.0171. The normalized spacial score (nSPS) is 38.5. The predicted molar refractivity (Wildman–Crippen MR) is 65.7 cm³/mol. The molecule has 3 heteroatoms. The van der Waals surface area contributed by atoms with Gasteiger partial charge in [0.15, 0.2) is 0 Å². The Morgan fingerprint density at radius 2 is 2.06 bits per heavy atom. The van der Waals surface area contributed by atoms with Crippen molar-refractivity contribution in [2.75, 3.05) is 6.54 Å². The van der Waals surface area contributed by atoms with Crippen LogP contribution in [0.1, 0.15) is 25.5 Å². The molecule has 2 aliphatic heterocycles. The summed E-state index contributed by atoms with van der Waals surface area (Å²) >= 11 is 0. The van der Waals surface area contributed by atoms with Crippen molar-refractivity contribution in [1.29, 1.82) is 0 Å². The second kappa shape index (κ2) is 4.09. The molecule has 2 unspecified atom stereocenters. The number of fused-ring (bicyclic) bond motifs is 1. The highest BCUT2D eigenvalue weighted by molar-refractivity contribution is 5.19. The SMILES string of the molecule is C[C@H](c1ccccc1)N1CC2OC2[C@H](O)[C@@H]1C. The van der Waals surface area contributed by atoms with Crippen LogP contribution in [-0.2, 0) is 4.74 Å². The van der Waals surface area contributed by atoms with E-state index >= 15 is 0 Å². The van der Waals surface area contributed by atoms with Crippen molar-refractivity contribution in [3.05, 3.63) is 35.9 Å². The van der Waals surface area contributed by atoms with Gasteiger partial charge in [0.1, 0.15) is 6.10 Å². The van der Waals surface area contributed by atoms with Crippen LogP contribution >= 0.6 is 0 Å². The molecule has 1 N–H and O–H groups in total. The monoisotopic (exact) mass is 233 g/mol. The zero-order valence-corrected chi connectivity index (χ0v) is 10.3. The van der Waals surface area contributed by atoms with Gasteiger partial charge in [-0.05, 0) is 19.4 Å². The molecule has 2 aliphatic rings. The lowest BCUT2D eigenvalue weighted by molar-refractivity contribution is 0.0132. The number of aliphatic hydroxyl groups excluding tert-OH is 1. The van der Waals surface area contributed by atoms with E-state index in [4.69, 9.17) is 4.74 Å². The van der Waals surface area contributed by atoms with E-state index < -0.39 is 0 Å². The maximum absolute atomic E-state index is 10.1. The van der Waals surface area contributed by atoms with Crippen LogP contribution in [0.25, 0.3) is 0 Å². The molecule has 5 atom stereocenters. The van der Waals surface area contributed by atoms with Gasteiger partial charge in [0.2, 0.25) is 0 Å². The van der Waals surface area contributed by atoms with Crippen LogP contribution < -0.4 is 0 Å². The van der Waals surface area contributed by atoms with Crippen molar-refractivity contribution in [3.63, 3.8) is 0 Å². The van der Waals surface area contributed by atoms with Crippen LogP contribution in [-0.4, -0.2) is 40.9 Å². The lowest BCUT2D eigenvalue weighted by atomic mass is 9.96. The van der Waals surface area contributed by atoms with Crippen molar-refractivity contribution in [2.45, 2.75) is 44.2 Å². The van der Waals surface area contributed by atoms with Crippen LogP contribution in [0.2, 0.25) is 0 Å². The second-order valence-electron chi connectivity index (χ2n) is 5.15. The standard InChI is InChI=1S/C14H19NO2/c1-9(11-6-4-3-5-7-11)15-8-12-14(17-12)13(16)10(15)2/h3-7,9-10,12-14,16H,8H2,1-2H3/t9-,10+,12?,13-,14?/m1/s1. The lowest BCUT2D eigenvalue weighted by Gasteiger charge is -2.39. The summed E-state index contributed by atoms with van der Waals surface area (Å²) in [5.41, 5.74) is 1.30. The van der Waals surface area contributed by atoms with Gasteiger partial charge in [0, 0.05) is 18.6 Å². The molecule has 0 saturated carbocycles. The molecule has 92 valence electrons. The number of likely N-dealkylation sites (tertiary alicyclic amines) is 1. The molecule has 0 aromatic heterocycles. The maximum Gasteiger partial charge on any atom is 0.113 e. The quantitative estimate of drug-likeness (QED) is 0.788. The summed E-state index contributed by atoms with van der Waals surface area (Å²) in [7, 11) is 0. The fourth-order valence-electron chi connectivity index (χ4n) is 2.88. The molecule has 17 heavy (non-hydrogen) atoms. The van der Waals surface area contributed by atoms with Gasteiger partial charge in [-0.3, -0.25) is 4.90 Å². The molecule has 3 nitrogen and oxygen atoms in total. The Morgan fingerprint density at radius 1 is 1.35 bits per heavy atom. The van der Waals surface area contributed by atoms with E-state index in [-0.39, 0.29) is 24.4 Å². The van der Waals surface area contributed by atoms with Gasteiger partial charge in [-0.1, -0.05) is 30.3 Å². The number of hydrogen-bond acceptors (Lipinski definition) is 3. The summed E-state index contributed by atoms with van der Waals surface area (Å²) in [5.74, 6) is 0. The lowest BCUT2D eigenvalue weighted by Crippen LogP contribution is -2.51. The van der Waals surface area contributed by atoms with Crippen molar-refractivity contribution >= 4 is 0 Å². The van der Waals surface area contributed by atoms with Crippen molar-refractivity contribution in [1.82, 2.24) is 4.90 Å². The highest BCUT2D eigenvalue weighted by atomic mass is 16.6. The Labute approximate surface area is 102 Å². The highest BCUT2D eigenvalue weighted by Crippen LogP contribution is 2.38. The molecule has 0 radical (unpaired) electrons. The fourth-order valence-corrected chi connectivity index (χ4v) is 2.88. The molecule has 2 heterocycles. The fraction of sp³-hybridized carbons (Fsp3) is 0.571. The van der Waals surface area contributed by atoms with E-state index in [9.17, 15) is 5.11 Å². The summed E-state index contributed by atoms with van der Waals surface area (Å²) in [5, 5.41) is 10.1. The maximum atomic E-state index is 10.1. The van der Waals surface area contributed by atoms with Gasteiger partial charge in [-0.2, -0.15) is 0 Å². The first-order valence-corrected chi connectivity index (χ1v) is 6.32. The van der Waals surface area contributed by atoms with Crippen molar-refractivity contribution in [3.8, 4) is 0 Å². The predicted octanol–water partition coefficient (Wildman–Crippen LogP) is 1.58. The first-order valence-electron chi connectivity index (χ1n) is 6.32.